The predicted molar refractivity (Wildman–Crippen MR) is 238 cm³/mol. The third-order valence-corrected chi connectivity index (χ3v) is 79.3. The van der Waals surface area contributed by atoms with Crippen molar-refractivity contribution in [1.82, 2.24) is 0 Å². The van der Waals surface area contributed by atoms with Crippen LogP contribution >= 0.6 is 0 Å². The minimum atomic E-state index is -5.07. The first-order valence-electron chi connectivity index (χ1n) is 20.2. The van der Waals surface area contributed by atoms with Crippen LogP contribution in [-0.4, -0.2) is 6.94 Å². The second kappa shape index (κ2) is 11.9. The summed E-state index contributed by atoms with van der Waals surface area (Å²) in [6.07, 6.45) is 10.3. The Morgan fingerprint density at radius 3 is 1.22 bits per heavy atom. The van der Waals surface area contributed by atoms with Gasteiger partial charge in [-0.25, -0.2) is 0 Å². The molecule has 0 saturated heterocycles. The molecule has 0 spiro atoms. The molecule has 0 nitrogen and oxygen atoms in total. The summed E-state index contributed by atoms with van der Waals surface area (Å²) in [5, 5.41) is 0. The van der Waals surface area contributed by atoms with Gasteiger partial charge in [-0.1, -0.05) is 0 Å². The number of aryl methyl sites for hydroxylation is 2. The van der Waals surface area contributed by atoms with Crippen LogP contribution in [0.2, 0.25) is 17.7 Å². The van der Waals surface area contributed by atoms with Crippen molar-refractivity contribution >= 4 is 19.1 Å². The summed E-state index contributed by atoms with van der Waals surface area (Å²) in [6.45, 7) is 16.7. The normalized spacial score (nSPS) is 18.0. The van der Waals surface area contributed by atoms with Crippen molar-refractivity contribution in [2.45, 2.75) is 66.6 Å². The van der Waals surface area contributed by atoms with Crippen LogP contribution < -0.4 is 0 Å². The zero-order valence-electron chi connectivity index (χ0n) is 33.6. The van der Waals surface area contributed by atoms with Crippen LogP contribution in [0.15, 0.2) is 133 Å². The molecule has 0 aromatic heterocycles. The van der Waals surface area contributed by atoms with Gasteiger partial charge in [0.2, 0.25) is 0 Å². The summed E-state index contributed by atoms with van der Waals surface area (Å²) < 4.78 is 8.88. The van der Waals surface area contributed by atoms with Crippen LogP contribution in [-0.2, 0) is 14.2 Å². The molecule has 0 radical (unpaired) electrons. The van der Waals surface area contributed by atoms with Crippen molar-refractivity contribution in [3.8, 4) is 44.5 Å². The van der Waals surface area contributed by atoms with Crippen molar-refractivity contribution in [3.05, 3.63) is 178 Å². The number of rotatable bonds is 8. The fraction of sp³-hybridized carbons (Fsp3) is 0.231. The van der Waals surface area contributed by atoms with Crippen LogP contribution in [0.4, 0.5) is 0 Å². The molecule has 6 aromatic carbocycles. The van der Waals surface area contributed by atoms with E-state index in [0.29, 0.717) is 7.35 Å². The Kier molecular flexibility index (Phi) is 8.15. The Bertz CT molecular complexity index is 2520. The van der Waals surface area contributed by atoms with E-state index in [1.165, 1.54) is 97.4 Å². The first-order valence-corrected chi connectivity index (χ1v) is 44.9. The van der Waals surface area contributed by atoms with Gasteiger partial charge in [0, 0.05) is 0 Å². The third kappa shape index (κ3) is 5.08. The van der Waals surface area contributed by atoms with Gasteiger partial charge in [-0.15, -0.1) is 0 Å². The summed E-state index contributed by atoms with van der Waals surface area (Å²) in [4.78, 5) is 0. The number of benzene rings is 6. The molecule has 2 aliphatic rings. The van der Waals surface area contributed by atoms with Gasteiger partial charge in [-0.3, -0.25) is 0 Å². The predicted octanol–water partition coefficient (Wildman–Crippen LogP) is 14.7. The average Bonchev–Trinajstić information content (AvgIpc) is 3.84. The molecule has 54 heavy (non-hydrogen) atoms. The van der Waals surface area contributed by atoms with E-state index < -0.39 is 14.2 Å². The standard InChI is InChI=1S/2C23H19.2C2H5.2CH3.Hf.H2Si/c2*1-16-14-15-20(17(2)23(16)19-8-4-3-5-9-19)22-13-7-11-18-10-6-12-21(18)22;2*1-2;;;;/h2*3-15H,1-2H3;2*1H2,2H3;2*1H3;;1H2. The van der Waals surface area contributed by atoms with Gasteiger partial charge >= 0.3 is 322 Å². The van der Waals surface area contributed by atoms with Gasteiger partial charge in [0.15, 0.2) is 0 Å². The summed E-state index contributed by atoms with van der Waals surface area (Å²) >= 11 is -5.07. The molecular formula is C52H56HfSi. The minimum absolute atomic E-state index is 0.381. The van der Waals surface area contributed by atoms with Crippen molar-refractivity contribution in [2.75, 3.05) is 0 Å². The molecule has 0 amide bonds. The Morgan fingerprint density at radius 2 is 0.852 bits per heavy atom. The molecule has 0 heterocycles. The molecule has 0 bridgehead atoms. The van der Waals surface area contributed by atoms with Gasteiger partial charge in [0.1, 0.15) is 0 Å². The number of allylic oxidation sites excluding steroid dienone is 2. The van der Waals surface area contributed by atoms with E-state index in [1.54, 1.807) is 0 Å². The number of hydrogen-bond donors (Lipinski definition) is 0. The molecule has 2 heteroatoms. The summed E-state index contributed by atoms with van der Waals surface area (Å²) in [5.74, 6) is 0. The van der Waals surface area contributed by atoms with E-state index in [-0.39, 0.29) is 0 Å². The van der Waals surface area contributed by atoms with Gasteiger partial charge < -0.3 is 0 Å². The van der Waals surface area contributed by atoms with Gasteiger partial charge in [-0.05, 0) is 0 Å². The third-order valence-electron chi connectivity index (χ3n) is 16.1. The van der Waals surface area contributed by atoms with E-state index in [2.05, 4.69) is 203 Å². The monoisotopic (exact) mass is 888 g/mol. The molecule has 2 unspecified atom stereocenters. The van der Waals surface area contributed by atoms with Gasteiger partial charge in [0.05, 0.1) is 0 Å². The fourth-order valence-electron chi connectivity index (χ4n) is 11.2. The summed E-state index contributed by atoms with van der Waals surface area (Å²) in [5.41, 5.74) is 22.0. The fourth-order valence-corrected chi connectivity index (χ4v) is 46.0. The second-order valence-corrected chi connectivity index (χ2v) is 98.0. The Labute approximate surface area is 320 Å². The molecule has 0 aliphatic heterocycles. The molecular weight excluding hydrogens is 831 g/mol. The number of fused-ring (bicyclic) bond motifs is 2. The van der Waals surface area contributed by atoms with E-state index in [0.717, 1.165) is 0 Å². The maximum atomic E-state index is 2.85. The second-order valence-electron chi connectivity index (χ2n) is 19.5. The average molecular weight is 888 g/mol. The molecule has 2 aliphatic carbocycles. The van der Waals surface area contributed by atoms with Crippen LogP contribution in [0.3, 0.4) is 0 Å². The molecule has 0 N–H and O–H groups in total. The van der Waals surface area contributed by atoms with E-state index in [4.69, 9.17) is 0 Å². The molecule has 0 saturated carbocycles. The molecule has 8 rings (SSSR count). The topological polar surface area (TPSA) is 0 Å². The van der Waals surface area contributed by atoms with Crippen LogP contribution in [0.5, 0.6) is 0 Å². The summed E-state index contributed by atoms with van der Waals surface area (Å²) in [6, 6.07) is 45.6. The van der Waals surface area contributed by atoms with Crippen LogP contribution in [0.25, 0.3) is 56.7 Å². The zero-order chi connectivity index (χ0) is 38.2. The van der Waals surface area contributed by atoms with Gasteiger partial charge in [0.25, 0.3) is 0 Å². The first-order chi connectivity index (χ1) is 25.7. The first kappa shape index (κ1) is 36.8. The SMILES string of the molecule is C[CH2][Hf]([CH3])([CH3])(=[SiH2])([CH2]C)([CH]1C=Cc2c(-c3ccc(C)c(-c4ccccc4)c3C)cccc21)[CH]1C=Cc2c(-c3ccc(C)c(-c4ccccc4)c3C)cccc21. The molecule has 272 valence electrons. The van der Waals surface area contributed by atoms with Crippen LogP contribution in [0.1, 0.15) is 65.7 Å². The Morgan fingerprint density at radius 1 is 0.463 bits per heavy atom. The van der Waals surface area contributed by atoms with Crippen molar-refractivity contribution in [3.63, 3.8) is 0 Å². The summed E-state index contributed by atoms with van der Waals surface area (Å²) in [7, 11) is 0. The molecule has 2 atom stereocenters. The quantitative estimate of drug-likeness (QED) is 0.134. The Hall–Kier alpha value is -4.11. The van der Waals surface area contributed by atoms with Crippen molar-refractivity contribution in [1.29, 1.82) is 0 Å². The Balaban J connectivity index is 1.29. The van der Waals surface area contributed by atoms with E-state index in [1.807, 2.05) is 0 Å². The van der Waals surface area contributed by atoms with E-state index in [9.17, 15) is 0 Å². The molecule has 6 aromatic rings. The van der Waals surface area contributed by atoms with Crippen LogP contribution in [0, 0.1) is 27.7 Å². The van der Waals surface area contributed by atoms with E-state index >= 15 is 0 Å². The van der Waals surface area contributed by atoms with Crippen molar-refractivity contribution in [2.24, 2.45) is 0 Å². The molecule has 0 fully saturated rings. The van der Waals surface area contributed by atoms with Crippen molar-refractivity contribution < 1.29 is 14.2 Å². The maximum absolute atomic E-state index is 5.07. The van der Waals surface area contributed by atoms with Gasteiger partial charge in [-0.2, -0.15) is 0 Å². The zero-order valence-corrected chi connectivity index (χ0v) is 38.6. The number of hydrogen-bond acceptors (Lipinski definition) is 0.